The van der Waals surface area contributed by atoms with Gasteiger partial charge in [-0.1, -0.05) is 71.2 Å². The van der Waals surface area contributed by atoms with Gasteiger partial charge in [0.15, 0.2) is 6.61 Å². The third kappa shape index (κ3) is 6.13. The first-order chi connectivity index (χ1) is 16.3. The van der Waals surface area contributed by atoms with Crippen LogP contribution in [0.3, 0.4) is 0 Å². The van der Waals surface area contributed by atoms with Crippen LogP contribution in [0.5, 0.6) is 0 Å². The summed E-state index contributed by atoms with van der Waals surface area (Å²) in [4.78, 5) is 29.2. The van der Waals surface area contributed by atoms with E-state index in [-0.39, 0.29) is 10.5 Å². The van der Waals surface area contributed by atoms with Crippen molar-refractivity contribution >= 4 is 27.6 Å². The number of nitrogens with one attached hydrogen (secondary N) is 1. The van der Waals surface area contributed by atoms with Crippen LogP contribution in [-0.2, 0) is 24.4 Å². The van der Waals surface area contributed by atoms with Crippen molar-refractivity contribution in [1.29, 1.82) is 0 Å². The Kier molecular flexibility index (Phi) is 8.25. The number of nitrogens with zero attached hydrogens (tertiary/aromatic N) is 2. The average molecular weight is 482 g/mol. The molecule has 176 valence electrons. The number of benzene rings is 3. The number of rotatable bonds is 9. The van der Waals surface area contributed by atoms with Gasteiger partial charge in [-0.2, -0.15) is 5.10 Å². The van der Waals surface area contributed by atoms with Crippen LogP contribution in [0, 0.1) is 0 Å². The van der Waals surface area contributed by atoms with E-state index in [9.17, 15) is 18.0 Å². The van der Waals surface area contributed by atoms with Gasteiger partial charge >= 0.3 is 5.97 Å². The molecule has 0 saturated heterocycles. The van der Waals surface area contributed by atoms with Crippen molar-refractivity contribution in [3.8, 4) is 0 Å². The van der Waals surface area contributed by atoms with Crippen molar-refractivity contribution < 1.29 is 27.6 Å². The summed E-state index contributed by atoms with van der Waals surface area (Å²) in [5.74, 6) is -1.51. The molecule has 0 aliphatic carbocycles. The molecule has 0 aliphatic rings. The minimum atomic E-state index is -3.94. The van der Waals surface area contributed by atoms with E-state index >= 15 is 0 Å². The van der Waals surface area contributed by atoms with Crippen LogP contribution in [0.4, 0.5) is 0 Å². The van der Waals surface area contributed by atoms with E-state index in [4.69, 9.17) is 9.57 Å². The lowest BCUT2D eigenvalue weighted by Gasteiger charge is -2.14. The van der Waals surface area contributed by atoms with Crippen molar-refractivity contribution in [2.75, 3.05) is 20.8 Å². The second kappa shape index (κ2) is 11.3. The summed E-state index contributed by atoms with van der Waals surface area (Å²) < 4.78 is 30.4. The summed E-state index contributed by atoms with van der Waals surface area (Å²) in [6, 6.07) is 23.9. The smallest absolute Gasteiger partial charge is 0.338 e. The molecular formula is C24H23N3O6S. The van der Waals surface area contributed by atoms with Gasteiger partial charge in [-0.15, -0.1) is 0 Å². The monoisotopic (exact) mass is 481 g/mol. The first-order valence-electron chi connectivity index (χ1n) is 10.1. The molecule has 10 heteroatoms. The van der Waals surface area contributed by atoms with Gasteiger partial charge in [-0.05, 0) is 18.2 Å². The number of ether oxygens (including phenoxy) is 1. The molecule has 0 aromatic heterocycles. The zero-order chi connectivity index (χ0) is 24.6. The van der Waals surface area contributed by atoms with Gasteiger partial charge in [0.1, 0.15) is 0 Å². The van der Waals surface area contributed by atoms with Gasteiger partial charge in [0.25, 0.3) is 15.9 Å². The summed E-state index contributed by atoms with van der Waals surface area (Å²) in [6.07, 6.45) is 0. The van der Waals surface area contributed by atoms with Crippen LogP contribution in [0.25, 0.3) is 0 Å². The third-order valence-electron chi connectivity index (χ3n) is 4.68. The van der Waals surface area contributed by atoms with Gasteiger partial charge in [0, 0.05) is 18.2 Å². The molecule has 0 bridgehead atoms. The van der Waals surface area contributed by atoms with Crippen molar-refractivity contribution in [2.45, 2.75) is 4.90 Å². The number of hydrazone groups is 1. The van der Waals surface area contributed by atoms with Crippen LogP contribution in [0.1, 0.15) is 21.5 Å². The van der Waals surface area contributed by atoms with E-state index in [1.165, 1.54) is 32.4 Å². The fourth-order valence-corrected chi connectivity index (χ4v) is 3.90. The normalized spacial score (nSPS) is 11.0. The van der Waals surface area contributed by atoms with Crippen molar-refractivity contribution in [3.63, 3.8) is 0 Å². The van der Waals surface area contributed by atoms with E-state index in [1.807, 2.05) is 60.7 Å². The summed E-state index contributed by atoms with van der Waals surface area (Å²) in [7, 11) is -1.51. The minimum Gasteiger partial charge on any atom is -0.452 e. The zero-order valence-electron chi connectivity index (χ0n) is 18.5. The molecular weight excluding hydrogens is 458 g/mol. The SMILES string of the molecule is CON(C)S(=O)(=O)c1cccc(C(=O)OCC(=O)NN=C(c2ccccc2)c2ccccc2)c1. The fraction of sp³-hybridized carbons (Fsp3) is 0.125. The summed E-state index contributed by atoms with van der Waals surface area (Å²) in [5, 5.41) is 4.22. The van der Waals surface area contributed by atoms with Crippen LogP contribution < -0.4 is 5.43 Å². The Morgan fingerprint density at radius 1 is 0.882 bits per heavy atom. The van der Waals surface area contributed by atoms with E-state index in [0.29, 0.717) is 10.2 Å². The zero-order valence-corrected chi connectivity index (χ0v) is 19.4. The maximum Gasteiger partial charge on any atom is 0.338 e. The molecule has 9 nitrogen and oxygen atoms in total. The van der Waals surface area contributed by atoms with Crippen LogP contribution >= 0.6 is 0 Å². The molecule has 34 heavy (non-hydrogen) atoms. The topological polar surface area (TPSA) is 114 Å². The largest absolute Gasteiger partial charge is 0.452 e. The predicted molar refractivity (Wildman–Crippen MR) is 125 cm³/mol. The third-order valence-corrected chi connectivity index (χ3v) is 6.36. The minimum absolute atomic E-state index is 0.0314. The molecule has 3 rings (SSSR count). The van der Waals surface area contributed by atoms with Gasteiger partial charge in [-0.3, -0.25) is 9.63 Å². The highest BCUT2D eigenvalue weighted by atomic mass is 32.2. The Hall–Kier alpha value is -3.86. The highest BCUT2D eigenvalue weighted by Gasteiger charge is 2.22. The number of sulfonamides is 1. The molecule has 0 aliphatic heterocycles. The number of hydroxylamine groups is 1. The summed E-state index contributed by atoms with van der Waals surface area (Å²) in [5.41, 5.74) is 4.50. The maximum absolute atomic E-state index is 12.4. The Morgan fingerprint density at radius 2 is 1.44 bits per heavy atom. The molecule has 0 radical (unpaired) electrons. The van der Waals surface area contributed by atoms with Crippen LogP contribution in [0.15, 0.2) is 94.9 Å². The van der Waals surface area contributed by atoms with E-state index in [0.717, 1.165) is 17.2 Å². The van der Waals surface area contributed by atoms with Crippen LogP contribution in [0.2, 0.25) is 0 Å². The van der Waals surface area contributed by atoms with Gasteiger partial charge in [-0.25, -0.2) is 18.6 Å². The first-order valence-corrected chi connectivity index (χ1v) is 11.5. The molecule has 0 atom stereocenters. The Morgan fingerprint density at radius 3 is 2.00 bits per heavy atom. The van der Waals surface area contributed by atoms with Gasteiger partial charge in [0.2, 0.25) is 0 Å². The molecule has 0 unspecified atom stereocenters. The number of carbonyl (C=O) groups excluding carboxylic acids is 2. The standard InChI is InChI=1S/C24H23N3O6S/c1-27(32-2)34(30,31)21-15-9-14-20(16-21)24(29)33-17-22(28)25-26-23(18-10-5-3-6-11-18)19-12-7-4-8-13-19/h3-16H,17H2,1-2H3,(H,25,28). The molecule has 0 heterocycles. The molecule has 0 saturated carbocycles. The van der Waals surface area contributed by atoms with Crippen LogP contribution in [-0.4, -0.2) is 51.2 Å². The maximum atomic E-state index is 12.4. The highest BCUT2D eigenvalue weighted by molar-refractivity contribution is 7.89. The molecule has 3 aromatic carbocycles. The number of amides is 1. The van der Waals surface area contributed by atoms with Crippen molar-refractivity contribution in [1.82, 2.24) is 9.89 Å². The second-order valence-electron chi connectivity index (χ2n) is 6.93. The number of esters is 1. The summed E-state index contributed by atoms with van der Waals surface area (Å²) >= 11 is 0. The molecule has 3 aromatic rings. The van der Waals surface area contributed by atoms with E-state index in [1.54, 1.807) is 0 Å². The fourth-order valence-electron chi connectivity index (χ4n) is 2.88. The van der Waals surface area contributed by atoms with Crippen molar-refractivity contribution in [3.05, 3.63) is 102 Å². The second-order valence-corrected chi connectivity index (χ2v) is 8.86. The van der Waals surface area contributed by atoms with Crippen molar-refractivity contribution in [2.24, 2.45) is 5.10 Å². The van der Waals surface area contributed by atoms with Gasteiger partial charge < -0.3 is 4.74 Å². The van der Waals surface area contributed by atoms with E-state index < -0.39 is 28.5 Å². The predicted octanol–water partition coefficient (Wildman–Crippen LogP) is 2.59. The molecule has 1 amide bonds. The lowest BCUT2D eigenvalue weighted by molar-refractivity contribution is -0.124. The Balaban J connectivity index is 1.68. The lowest BCUT2D eigenvalue weighted by Crippen LogP contribution is -2.27. The number of hydrogen-bond donors (Lipinski definition) is 1. The first kappa shape index (κ1) is 24.8. The molecule has 0 spiro atoms. The Bertz CT molecular complexity index is 1240. The number of hydrogen-bond acceptors (Lipinski definition) is 7. The lowest BCUT2D eigenvalue weighted by atomic mass is 10.0. The molecule has 1 N–H and O–H groups in total. The van der Waals surface area contributed by atoms with Gasteiger partial charge in [0.05, 0.1) is 23.3 Å². The Labute approximate surface area is 197 Å². The summed E-state index contributed by atoms with van der Waals surface area (Å²) in [6.45, 7) is -0.603. The quantitative estimate of drug-likeness (QED) is 0.285. The highest BCUT2D eigenvalue weighted by Crippen LogP contribution is 2.16. The average Bonchev–Trinajstić information content (AvgIpc) is 2.88. The number of carbonyl (C=O) groups is 2. The molecule has 0 fully saturated rings. The van der Waals surface area contributed by atoms with E-state index in [2.05, 4.69) is 10.5 Å².